The minimum Gasteiger partial charge on any atom is -0.353 e. The van der Waals surface area contributed by atoms with Crippen LogP contribution in [0.4, 0.5) is 5.95 Å². The van der Waals surface area contributed by atoms with Crippen molar-refractivity contribution >= 4 is 17.8 Å². The highest BCUT2D eigenvalue weighted by Crippen LogP contribution is 2.35. The maximum Gasteiger partial charge on any atom is 0.254 e. The smallest absolute Gasteiger partial charge is 0.254 e. The van der Waals surface area contributed by atoms with Gasteiger partial charge in [0.05, 0.1) is 11.3 Å². The van der Waals surface area contributed by atoms with Crippen LogP contribution in [0.5, 0.6) is 0 Å². The van der Waals surface area contributed by atoms with Gasteiger partial charge in [0, 0.05) is 57.9 Å². The molecule has 2 aliphatic carbocycles. The molecule has 0 bridgehead atoms. The van der Waals surface area contributed by atoms with E-state index in [2.05, 4.69) is 25.5 Å². The van der Waals surface area contributed by atoms with Crippen LogP contribution < -0.4 is 15.5 Å². The molecule has 4 rings (SSSR count). The van der Waals surface area contributed by atoms with Crippen molar-refractivity contribution in [1.82, 2.24) is 25.5 Å². The molecule has 2 atom stereocenters. The van der Waals surface area contributed by atoms with Crippen molar-refractivity contribution in [3.63, 3.8) is 0 Å². The highest BCUT2D eigenvalue weighted by molar-refractivity contribution is 5.95. The molecule has 30 heavy (non-hydrogen) atoms. The zero-order valence-corrected chi connectivity index (χ0v) is 18.4. The van der Waals surface area contributed by atoms with Crippen LogP contribution in [-0.4, -0.2) is 72.0 Å². The van der Waals surface area contributed by atoms with Crippen LogP contribution in [0, 0.1) is 12.8 Å². The Morgan fingerprint density at radius 3 is 2.50 bits per heavy atom. The highest BCUT2D eigenvalue weighted by Gasteiger charge is 2.38. The number of nitrogens with zero attached hydrogens (tertiary/aromatic N) is 4. The lowest BCUT2D eigenvalue weighted by atomic mass is 10.1. The van der Waals surface area contributed by atoms with E-state index in [1.165, 1.54) is 12.8 Å². The minimum absolute atomic E-state index is 0.126. The van der Waals surface area contributed by atoms with Crippen molar-refractivity contribution in [2.45, 2.75) is 70.0 Å². The average molecular weight is 415 g/mol. The number of aryl methyl sites for hydroxylation is 1. The molecule has 1 saturated heterocycles. The fourth-order valence-electron chi connectivity index (χ4n) is 4.28. The van der Waals surface area contributed by atoms with E-state index in [-0.39, 0.29) is 23.9 Å². The van der Waals surface area contributed by atoms with Crippen molar-refractivity contribution < 1.29 is 9.59 Å². The Labute approximate surface area is 178 Å². The maximum absolute atomic E-state index is 12.7. The summed E-state index contributed by atoms with van der Waals surface area (Å²) in [6, 6.07) is 0.987. The van der Waals surface area contributed by atoms with Gasteiger partial charge < -0.3 is 15.5 Å². The Hall–Kier alpha value is -2.22. The first-order valence-electron chi connectivity index (χ1n) is 11.2. The fourth-order valence-corrected chi connectivity index (χ4v) is 4.28. The summed E-state index contributed by atoms with van der Waals surface area (Å²) in [5, 5.41) is 6.22. The van der Waals surface area contributed by atoms with E-state index in [4.69, 9.17) is 0 Å². The van der Waals surface area contributed by atoms with Gasteiger partial charge in [-0.25, -0.2) is 9.97 Å². The van der Waals surface area contributed by atoms with Gasteiger partial charge in [0.25, 0.3) is 5.91 Å². The standard InChI is InChI=1S/C22H34N6O2/c1-14-19(12-24-22(25-14)27(2)3)21(30)23-11-18-9-8-17(28(18)13-15-4-5-15)10-20(29)26-16-6-7-16/h12,15-18H,4-11,13H2,1-3H3,(H,23,30)(H,26,29)/t17-,18+/m1/s1. The third kappa shape index (κ3) is 5.28. The number of hydrogen-bond donors (Lipinski definition) is 2. The van der Waals surface area contributed by atoms with E-state index < -0.39 is 0 Å². The predicted molar refractivity (Wildman–Crippen MR) is 115 cm³/mol. The molecule has 8 heteroatoms. The van der Waals surface area contributed by atoms with Gasteiger partial charge >= 0.3 is 0 Å². The normalized spacial score (nSPS) is 24.0. The molecule has 1 aromatic rings. The van der Waals surface area contributed by atoms with Gasteiger partial charge in [0.1, 0.15) is 0 Å². The first kappa shape index (κ1) is 21.0. The van der Waals surface area contributed by atoms with Crippen LogP contribution >= 0.6 is 0 Å². The van der Waals surface area contributed by atoms with Crippen LogP contribution in [0.1, 0.15) is 61.0 Å². The topological polar surface area (TPSA) is 90.5 Å². The van der Waals surface area contributed by atoms with Crippen molar-refractivity contribution in [2.75, 3.05) is 32.1 Å². The van der Waals surface area contributed by atoms with Gasteiger partial charge in [-0.2, -0.15) is 0 Å². The van der Waals surface area contributed by atoms with Crippen molar-refractivity contribution in [2.24, 2.45) is 5.92 Å². The third-order valence-corrected chi connectivity index (χ3v) is 6.41. The Morgan fingerprint density at radius 2 is 1.87 bits per heavy atom. The number of rotatable bonds is 9. The summed E-state index contributed by atoms with van der Waals surface area (Å²) in [6.07, 6.45) is 9.03. The first-order chi connectivity index (χ1) is 14.4. The summed E-state index contributed by atoms with van der Waals surface area (Å²) in [7, 11) is 3.76. The van der Waals surface area contributed by atoms with Crippen LogP contribution in [0.3, 0.4) is 0 Å². The molecular weight excluding hydrogens is 380 g/mol. The lowest BCUT2D eigenvalue weighted by Gasteiger charge is -2.30. The van der Waals surface area contributed by atoms with Gasteiger partial charge in [-0.1, -0.05) is 0 Å². The number of nitrogens with one attached hydrogen (secondary N) is 2. The summed E-state index contributed by atoms with van der Waals surface area (Å²) >= 11 is 0. The zero-order valence-electron chi connectivity index (χ0n) is 18.4. The maximum atomic E-state index is 12.7. The van der Waals surface area contributed by atoms with Crippen LogP contribution in [0.25, 0.3) is 0 Å². The molecule has 0 radical (unpaired) electrons. The molecule has 2 heterocycles. The predicted octanol–water partition coefficient (Wildman–Crippen LogP) is 1.49. The molecular formula is C22H34N6O2. The molecule has 164 valence electrons. The lowest BCUT2D eigenvalue weighted by Crippen LogP contribution is -2.45. The van der Waals surface area contributed by atoms with Gasteiger partial charge in [-0.05, 0) is 51.4 Å². The zero-order chi connectivity index (χ0) is 21.3. The molecule has 3 fully saturated rings. The molecule has 1 aromatic heterocycles. The average Bonchev–Trinajstić information content (AvgIpc) is 3.62. The summed E-state index contributed by atoms with van der Waals surface area (Å²) in [6.45, 7) is 3.48. The molecule has 0 unspecified atom stereocenters. The summed E-state index contributed by atoms with van der Waals surface area (Å²) in [5.41, 5.74) is 1.20. The number of aromatic nitrogens is 2. The van der Waals surface area contributed by atoms with Gasteiger partial charge in [-0.3, -0.25) is 14.5 Å². The number of anilines is 1. The van der Waals surface area contributed by atoms with E-state index in [9.17, 15) is 9.59 Å². The van der Waals surface area contributed by atoms with Crippen molar-refractivity contribution in [3.8, 4) is 0 Å². The second-order valence-electron chi connectivity index (χ2n) is 9.34. The Morgan fingerprint density at radius 1 is 1.13 bits per heavy atom. The summed E-state index contributed by atoms with van der Waals surface area (Å²) in [5.74, 6) is 1.41. The van der Waals surface area contributed by atoms with E-state index in [1.807, 2.05) is 25.9 Å². The Bertz CT molecular complexity index is 790. The van der Waals surface area contributed by atoms with Gasteiger partial charge in [-0.15, -0.1) is 0 Å². The Kier molecular flexibility index (Phi) is 6.22. The van der Waals surface area contributed by atoms with Crippen molar-refractivity contribution in [1.29, 1.82) is 0 Å². The second kappa shape index (κ2) is 8.88. The van der Waals surface area contributed by atoms with E-state index >= 15 is 0 Å². The first-order valence-corrected chi connectivity index (χ1v) is 11.2. The molecule has 2 N–H and O–H groups in total. The molecule has 3 aliphatic rings. The van der Waals surface area contributed by atoms with Crippen LogP contribution in [0.15, 0.2) is 6.20 Å². The fraction of sp³-hybridized carbons (Fsp3) is 0.727. The largest absolute Gasteiger partial charge is 0.353 e. The summed E-state index contributed by atoms with van der Waals surface area (Å²) < 4.78 is 0. The highest BCUT2D eigenvalue weighted by atomic mass is 16.2. The number of carbonyl (C=O) groups excluding carboxylic acids is 2. The van der Waals surface area contributed by atoms with E-state index in [0.29, 0.717) is 36.2 Å². The van der Waals surface area contributed by atoms with Gasteiger partial charge in [0.15, 0.2) is 0 Å². The van der Waals surface area contributed by atoms with Gasteiger partial charge in [0.2, 0.25) is 11.9 Å². The molecule has 2 saturated carbocycles. The van der Waals surface area contributed by atoms with E-state index in [1.54, 1.807) is 6.20 Å². The number of hydrogen-bond acceptors (Lipinski definition) is 6. The number of likely N-dealkylation sites (tertiary alicyclic amines) is 1. The third-order valence-electron chi connectivity index (χ3n) is 6.41. The molecule has 0 spiro atoms. The molecule has 2 amide bonds. The van der Waals surface area contributed by atoms with Crippen LogP contribution in [0.2, 0.25) is 0 Å². The van der Waals surface area contributed by atoms with Crippen molar-refractivity contribution in [3.05, 3.63) is 17.5 Å². The monoisotopic (exact) mass is 414 g/mol. The summed E-state index contributed by atoms with van der Waals surface area (Å²) in [4.78, 5) is 38.1. The number of amides is 2. The lowest BCUT2D eigenvalue weighted by molar-refractivity contribution is -0.122. The second-order valence-corrected chi connectivity index (χ2v) is 9.34. The SMILES string of the molecule is Cc1nc(N(C)C)ncc1C(=O)NC[C@@H]1CC[C@H](CC(=O)NC2CC2)N1CC1CC1. The minimum atomic E-state index is -0.126. The number of carbonyl (C=O) groups is 2. The molecule has 0 aromatic carbocycles. The molecule has 1 aliphatic heterocycles. The quantitative estimate of drug-likeness (QED) is 0.636. The van der Waals surface area contributed by atoms with Crippen LogP contribution in [-0.2, 0) is 4.79 Å². The Balaban J connectivity index is 1.34. The van der Waals surface area contributed by atoms with E-state index in [0.717, 1.165) is 38.1 Å². The molecule has 8 nitrogen and oxygen atoms in total.